The van der Waals surface area contributed by atoms with Crippen molar-refractivity contribution in [1.82, 2.24) is 4.31 Å². The smallest absolute Gasteiger partial charge is 0.245 e. The van der Waals surface area contributed by atoms with Crippen molar-refractivity contribution in [3.63, 3.8) is 0 Å². The van der Waals surface area contributed by atoms with Gasteiger partial charge in [0.15, 0.2) is 0 Å². The van der Waals surface area contributed by atoms with Crippen molar-refractivity contribution in [3.05, 3.63) is 22.7 Å². The first-order valence-electron chi connectivity index (χ1n) is 6.01. The van der Waals surface area contributed by atoms with Gasteiger partial charge in [0.2, 0.25) is 10.0 Å². The second-order valence-electron chi connectivity index (χ2n) is 4.76. The lowest BCUT2D eigenvalue weighted by Crippen LogP contribution is -2.48. The zero-order chi connectivity index (χ0) is 14.2. The predicted molar refractivity (Wildman–Crippen MR) is 77.3 cm³/mol. The summed E-state index contributed by atoms with van der Waals surface area (Å²) in [4.78, 5) is 0.150. The van der Waals surface area contributed by atoms with E-state index < -0.39 is 10.0 Å². The van der Waals surface area contributed by atoms with Crippen LogP contribution in [0.1, 0.15) is 13.8 Å². The lowest BCUT2D eigenvalue weighted by Gasteiger charge is -2.34. The molecule has 1 fully saturated rings. The highest BCUT2D eigenvalue weighted by atomic mass is 79.9. The van der Waals surface area contributed by atoms with E-state index in [2.05, 4.69) is 15.9 Å². The molecule has 0 bridgehead atoms. The standard InChI is InChI=1S/C12H17BrN2O3S/c1-8-6-15(7-9(2)18-8)19(16,17)12-4-3-10(13)5-11(12)14/h3-5,8-9H,6-7,14H2,1-2H3/t8-,9+. The van der Waals surface area contributed by atoms with Gasteiger partial charge in [-0.2, -0.15) is 4.31 Å². The molecule has 0 unspecified atom stereocenters. The molecule has 0 aliphatic carbocycles. The summed E-state index contributed by atoms with van der Waals surface area (Å²) >= 11 is 3.27. The molecule has 1 heterocycles. The molecule has 2 rings (SSSR count). The summed E-state index contributed by atoms with van der Waals surface area (Å²) in [6.07, 6.45) is -0.231. The van der Waals surface area contributed by atoms with Gasteiger partial charge in [0, 0.05) is 17.6 Å². The molecule has 19 heavy (non-hydrogen) atoms. The highest BCUT2D eigenvalue weighted by molar-refractivity contribution is 9.10. The number of hydrogen-bond donors (Lipinski definition) is 1. The van der Waals surface area contributed by atoms with Crippen LogP contribution in [0.4, 0.5) is 5.69 Å². The summed E-state index contributed by atoms with van der Waals surface area (Å²) < 4.78 is 32.9. The van der Waals surface area contributed by atoms with Crippen LogP contribution in [-0.2, 0) is 14.8 Å². The van der Waals surface area contributed by atoms with Crippen LogP contribution in [0.15, 0.2) is 27.6 Å². The molecule has 0 spiro atoms. The Morgan fingerprint density at radius 2 is 1.89 bits per heavy atom. The van der Waals surface area contributed by atoms with E-state index in [-0.39, 0.29) is 22.8 Å². The first-order chi connectivity index (χ1) is 8.80. The van der Waals surface area contributed by atoms with Gasteiger partial charge in [0.1, 0.15) is 4.90 Å². The van der Waals surface area contributed by atoms with E-state index in [1.165, 1.54) is 10.4 Å². The van der Waals surface area contributed by atoms with E-state index in [0.717, 1.165) is 4.47 Å². The van der Waals surface area contributed by atoms with Crippen LogP contribution >= 0.6 is 15.9 Å². The molecule has 1 aliphatic rings. The van der Waals surface area contributed by atoms with Gasteiger partial charge in [-0.25, -0.2) is 8.42 Å². The van der Waals surface area contributed by atoms with E-state index in [9.17, 15) is 8.42 Å². The van der Waals surface area contributed by atoms with Gasteiger partial charge in [0.25, 0.3) is 0 Å². The average Bonchev–Trinajstić information content (AvgIpc) is 2.26. The number of nitrogen functional groups attached to an aromatic ring is 1. The Morgan fingerprint density at radius 1 is 1.32 bits per heavy atom. The van der Waals surface area contributed by atoms with Crippen LogP contribution < -0.4 is 5.73 Å². The number of hydrogen-bond acceptors (Lipinski definition) is 4. The molecule has 0 amide bonds. The van der Waals surface area contributed by atoms with Crippen LogP contribution in [-0.4, -0.2) is 38.0 Å². The minimum atomic E-state index is -3.57. The van der Waals surface area contributed by atoms with Gasteiger partial charge in [-0.05, 0) is 32.0 Å². The number of nitrogens with zero attached hydrogens (tertiary/aromatic N) is 1. The third-order valence-corrected chi connectivity index (χ3v) is 5.37. The quantitative estimate of drug-likeness (QED) is 0.827. The van der Waals surface area contributed by atoms with Crippen molar-refractivity contribution < 1.29 is 13.2 Å². The molecule has 0 saturated carbocycles. The molecule has 2 N–H and O–H groups in total. The molecule has 1 aromatic carbocycles. The molecule has 1 saturated heterocycles. The van der Waals surface area contributed by atoms with Gasteiger partial charge < -0.3 is 10.5 Å². The number of benzene rings is 1. The number of halogens is 1. The van der Waals surface area contributed by atoms with Gasteiger partial charge >= 0.3 is 0 Å². The van der Waals surface area contributed by atoms with Gasteiger partial charge in [0.05, 0.1) is 17.9 Å². The largest absolute Gasteiger partial charge is 0.398 e. The molecular weight excluding hydrogens is 332 g/mol. The van der Waals surface area contributed by atoms with E-state index in [4.69, 9.17) is 10.5 Å². The molecule has 106 valence electrons. The normalized spacial score (nSPS) is 25.4. The zero-order valence-electron chi connectivity index (χ0n) is 10.8. The van der Waals surface area contributed by atoms with E-state index in [1.54, 1.807) is 12.1 Å². The minimum Gasteiger partial charge on any atom is -0.398 e. The van der Waals surface area contributed by atoms with E-state index >= 15 is 0 Å². The molecule has 5 nitrogen and oxygen atoms in total. The fourth-order valence-corrected chi connectivity index (χ4v) is 4.29. The zero-order valence-corrected chi connectivity index (χ0v) is 13.2. The lowest BCUT2D eigenvalue weighted by molar-refractivity contribution is -0.0440. The summed E-state index contributed by atoms with van der Waals surface area (Å²) in [5.74, 6) is 0. The lowest BCUT2D eigenvalue weighted by atomic mass is 10.3. The number of nitrogens with two attached hydrogens (primary N) is 1. The first kappa shape index (κ1) is 14.8. The van der Waals surface area contributed by atoms with Crippen LogP contribution in [0.5, 0.6) is 0 Å². The SMILES string of the molecule is C[C@@H]1CN(S(=O)(=O)c2ccc(Br)cc2N)C[C@H](C)O1. The van der Waals surface area contributed by atoms with Crippen molar-refractivity contribution in [2.75, 3.05) is 18.8 Å². The summed E-state index contributed by atoms with van der Waals surface area (Å²) in [6.45, 7) is 4.43. The highest BCUT2D eigenvalue weighted by Crippen LogP contribution is 2.27. The Balaban J connectivity index is 2.36. The van der Waals surface area contributed by atoms with E-state index in [1.807, 2.05) is 13.8 Å². The van der Waals surface area contributed by atoms with Crippen molar-refractivity contribution in [3.8, 4) is 0 Å². The van der Waals surface area contributed by atoms with Crippen molar-refractivity contribution >= 4 is 31.6 Å². The molecule has 0 aromatic heterocycles. The Labute approximate surface area is 121 Å². The Kier molecular flexibility index (Phi) is 4.20. The Bertz CT molecular complexity index is 566. The van der Waals surface area contributed by atoms with Gasteiger partial charge in [-0.15, -0.1) is 0 Å². The minimum absolute atomic E-state index is 0.116. The van der Waals surface area contributed by atoms with Gasteiger partial charge in [-0.3, -0.25) is 0 Å². The summed E-state index contributed by atoms with van der Waals surface area (Å²) in [6, 6.07) is 4.80. The van der Waals surface area contributed by atoms with Gasteiger partial charge in [-0.1, -0.05) is 15.9 Å². The fourth-order valence-electron chi connectivity index (χ4n) is 2.22. The maximum Gasteiger partial charge on any atom is 0.245 e. The Hall–Kier alpha value is -0.630. The number of rotatable bonds is 2. The number of sulfonamides is 1. The number of anilines is 1. The monoisotopic (exact) mass is 348 g/mol. The Morgan fingerprint density at radius 3 is 2.42 bits per heavy atom. The molecule has 1 aliphatic heterocycles. The van der Waals surface area contributed by atoms with E-state index in [0.29, 0.717) is 13.1 Å². The molecule has 0 radical (unpaired) electrons. The maximum atomic E-state index is 12.6. The van der Waals surface area contributed by atoms with Crippen LogP contribution in [0.25, 0.3) is 0 Å². The topological polar surface area (TPSA) is 72.6 Å². The second kappa shape index (κ2) is 5.40. The number of morpholine rings is 1. The molecule has 2 atom stereocenters. The average molecular weight is 349 g/mol. The highest BCUT2D eigenvalue weighted by Gasteiger charge is 2.33. The van der Waals surface area contributed by atoms with Crippen LogP contribution in [0.2, 0.25) is 0 Å². The summed E-state index contributed by atoms with van der Waals surface area (Å²) in [7, 11) is -3.57. The maximum absolute atomic E-state index is 12.6. The van der Waals surface area contributed by atoms with Crippen molar-refractivity contribution in [2.45, 2.75) is 31.0 Å². The summed E-state index contributed by atoms with van der Waals surface area (Å²) in [5, 5.41) is 0. The third kappa shape index (κ3) is 3.10. The van der Waals surface area contributed by atoms with Crippen molar-refractivity contribution in [1.29, 1.82) is 0 Å². The second-order valence-corrected chi connectivity index (χ2v) is 7.58. The van der Waals surface area contributed by atoms with Crippen LogP contribution in [0.3, 0.4) is 0 Å². The molecule has 1 aromatic rings. The summed E-state index contributed by atoms with van der Waals surface area (Å²) in [5.41, 5.74) is 6.07. The van der Waals surface area contributed by atoms with Crippen LogP contribution in [0, 0.1) is 0 Å². The predicted octanol–water partition coefficient (Wildman–Crippen LogP) is 1.83. The van der Waals surface area contributed by atoms with Crippen molar-refractivity contribution in [2.24, 2.45) is 0 Å². The third-order valence-electron chi connectivity index (χ3n) is 2.98. The molecule has 7 heteroatoms. The number of ether oxygens (including phenoxy) is 1. The molecular formula is C12H17BrN2O3S. The fraction of sp³-hybridized carbons (Fsp3) is 0.500. The first-order valence-corrected chi connectivity index (χ1v) is 8.24.